The molecule has 3 aliphatic heterocycles. The van der Waals surface area contributed by atoms with Gasteiger partial charge in [-0.25, -0.2) is 4.79 Å². The molecule has 4 rings (SSSR count). The Labute approximate surface area is 190 Å². The molecule has 8 nitrogen and oxygen atoms in total. The molecule has 1 atom stereocenters. The van der Waals surface area contributed by atoms with E-state index in [-0.39, 0.29) is 18.1 Å². The van der Waals surface area contributed by atoms with Crippen molar-refractivity contribution in [1.29, 1.82) is 0 Å². The highest BCUT2D eigenvalue weighted by molar-refractivity contribution is 5.99. The third kappa shape index (κ3) is 6.09. The molecule has 0 aromatic carbocycles. The molecule has 2 fully saturated rings. The Bertz CT molecular complexity index is 856. The van der Waals surface area contributed by atoms with Gasteiger partial charge in [-0.05, 0) is 70.0 Å². The van der Waals surface area contributed by atoms with Gasteiger partial charge < -0.3 is 21.3 Å². The van der Waals surface area contributed by atoms with Crippen LogP contribution in [0.15, 0.2) is 57.1 Å². The number of hydrogen-bond acceptors (Lipinski definition) is 6. The third-order valence-electron chi connectivity index (χ3n) is 6.39. The number of nitrogens with one attached hydrogen (secondary N) is 3. The lowest BCUT2D eigenvalue weighted by atomic mass is 10.00. The first-order valence-electron chi connectivity index (χ1n) is 11.9. The normalized spacial score (nSPS) is 24.1. The van der Waals surface area contributed by atoms with Crippen molar-refractivity contribution < 1.29 is 4.79 Å². The van der Waals surface area contributed by atoms with E-state index in [0.29, 0.717) is 5.82 Å². The van der Waals surface area contributed by atoms with Crippen molar-refractivity contribution in [3.8, 4) is 0 Å². The Balaban J connectivity index is 1.28. The van der Waals surface area contributed by atoms with Crippen molar-refractivity contribution in [1.82, 2.24) is 20.9 Å². The Morgan fingerprint density at radius 1 is 1.25 bits per heavy atom. The van der Waals surface area contributed by atoms with E-state index < -0.39 is 0 Å². The number of likely N-dealkylation sites (tertiary alicyclic amines) is 1. The standard InChI is InChI=1S/C24H35N7O/c25-15-19(16-26-10-5-13-31-11-3-4-12-31)18-14-22-21(27-17-18)8-9-23(29-22)30-24(32)28-20-6-1-2-7-20/h8-9,14-17,20,22,29H,1-7,10-13,25H2,(H2,28,30,32). The number of aliphatic imine (C=N–C) groups is 2. The molecule has 8 heteroatoms. The Morgan fingerprint density at radius 3 is 2.84 bits per heavy atom. The number of carbonyl (C=O) groups excluding carboxylic acids is 1. The van der Waals surface area contributed by atoms with Gasteiger partial charge in [-0.3, -0.25) is 15.3 Å². The summed E-state index contributed by atoms with van der Waals surface area (Å²) in [6.45, 7) is 4.34. The molecular weight excluding hydrogens is 402 g/mol. The summed E-state index contributed by atoms with van der Waals surface area (Å²) in [6.07, 6.45) is 19.2. The lowest BCUT2D eigenvalue weighted by Crippen LogP contribution is -2.46. The number of urea groups is 1. The predicted molar refractivity (Wildman–Crippen MR) is 130 cm³/mol. The summed E-state index contributed by atoms with van der Waals surface area (Å²) in [5, 5.41) is 9.30. The zero-order chi connectivity index (χ0) is 22.2. The smallest absolute Gasteiger partial charge is 0.320 e. The van der Waals surface area contributed by atoms with Crippen molar-refractivity contribution >= 4 is 18.5 Å². The summed E-state index contributed by atoms with van der Waals surface area (Å²) >= 11 is 0. The summed E-state index contributed by atoms with van der Waals surface area (Å²) < 4.78 is 0. The number of carbonyl (C=O) groups is 1. The van der Waals surface area contributed by atoms with Gasteiger partial charge in [0, 0.05) is 42.4 Å². The molecule has 2 amide bonds. The molecule has 0 aromatic rings. The summed E-state index contributed by atoms with van der Waals surface area (Å²) in [5.74, 6) is 0.663. The van der Waals surface area contributed by atoms with Crippen LogP contribution in [0, 0.1) is 0 Å². The van der Waals surface area contributed by atoms with E-state index in [2.05, 4.69) is 36.9 Å². The highest BCUT2D eigenvalue weighted by atomic mass is 16.2. The zero-order valence-corrected chi connectivity index (χ0v) is 18.7. The topological polar surface area (TPSA) is 107 Å². The highest BCUT2D eigenvalue weighted by Gasteiger charge is 2.22. The van der Waals surface area contributed by atoms with Gasteiger partial charge in [0.1, 0.15) is 5.82 Å². The number of fused-ring (bicyclic) bond motifs is 1. The van der Waals surface area contributed by atoms with Crippen LogP contribution in [0.25, 0.3) is 0 Å². The SMILES string of the molecule is NC=C(C=NCCCN1CCCC1)C1=CC2NC(NC(=O)NC3CCCC3)=CC=C2N=C1. The first-order chi connectivity index (χ1) is 15.7. The van der Waals surface area contributed by atoms with Gasteiger partial charge in [0.05, 0.1) is 11.7 Å². The molecule has 0 bridgehead atoms. The number of rotatable bonds is 8. The molecule has 5 N–H and O–H groups in total. The first-order valence-corrected chi connectivity index (χ1v) is 11.9. The molecule has 172 valence electrons. The van der Waals surface area contributed by atoms with E-state index in [4.69, 9.17) is 5.73 Å². The number of nitrogens with zero attached hydrogens (tertiary/aromatic N) is 3. The van der Waals surface area contributed by atoms with Crippen molar-refractivity contribution in [2.75, 3.05) is 26.2 Å². The maximum Gasteiger partial charge on any atom is 0.320 e. The van der Waals surface area contributed by atoms with Gasteiger partial charge in [0.25, 0.3) is 0 Å². The van der Waals surface area contributed by atoms with E-state index >= 15 is 0 Å². The van der Waals surface area contributed by atoms with Crippen LogP contribution in [0.5, 0.6) is 0 Å². The molecule has 0 radical (unpaired) electrons. The van der Waals surface area contributed by atoms with Crippen molar-refractivity contribution in [3.05, 3.63) is 47.1 Å². The number of nitrogens with two attached hydrogens (primary N) is 1. The average Bonchev–Trinajstić information content (AvgIpc) is 3.50. The minimum atomic E-state index is -0.167. The second-order valence-electron chi connectivity index (χ2n) is 8.81. The second-order valence-corrected chi connectivity index (χ2v) is 8.81. The fourth-order valence-corrected chi connectivity index (χ4v) is 4.61. The van der Waals surface area contributed by atoms with Crippen LogP contribution in [0.4, 0.5) is 4.79 Å². The maximum absolute atomic E-state index is 12.3. The van der Waals surface area contributed by atoms with Gasteiger partial charge in [-0.15, -0.1) is 0 Å². The van der Waals surface area contributed by atoms with Gasteiger partial charge in [-0.1, -0.05) is 12.8 Å². The molecule has 1 saturated heterocycles. The number of allylic oxidation sites excluding steroid dienone is 4. The first kappa shape index (κ1) is 22.3. The molecule has 0 spiro atoms. The average molecular weight is 438 g/mol. The summed E-state index contributed by atoms with van der Waals surface area (Å²) in [4.78, 5) is 23.9. The molecular formula is C24H35N7O. The molecule has 32 heavy (non-hydrogen) atoms. The largest absolute Gasteiger partial charge is 0.404 e. The van der Waals surface area contributed by atoms with Crippen molar-refractivity contribution in [2.24, 2.45) is 15.7 Å². The Morgan fingerprint density at radius 2 is 2.06 bits per heavy atom. The number of hydrogen-bond donors (Lipinski definition) is 4. The quantitative estimate of drug-likeness (QED) is 0.345. The van der Waals surface area contributed by atoms with Crippen LogP contribution in [-0.2, 0) is 0 Å². The molecule has 3 heterocycles. The minimum Gasteiger partial charge on any atom is -0.404 e. The maximum atomic E-state index is 12.3. The summed E-state index contributed by atoms with van der Waals surface area (Å²) in [5.41, 5.74) is 8.54. The van der Waals surface area contributed by atoms with Crippen LogP contribution >= 0.6 is 0 Å². The predicted octanol–water partition coefficient (Wildman–Crippen LogP) is 2.34. The molecule has 1 unspecified atom stereocenters. The van der Waals surface area contributed by atoms with Crippen molar-refractivity contribution in [3.63, 3.8) is 0 Å². The second kappa shape index (κ2) is 11.1. The summed E-state index contributed by atoms with van der Waals surface area (Å²) in [6, 6.07) is -0.0112. The fraction of sp³-hybridized carbons (Fsp3) is 0.542. The van der Waals surface area contributed by atoms with Crippen LogP contribution < -0.4 is 21.7 Å². The van der Waals surface area contributed by atoms with Crippen molar-refractivity contribution in [2.45, 2.75) is 57.0 Å². The van der Waals surface area contributed by atoms with Gasteiger partial charge >= 0.3 is 6.03 Å². The van der Waals surface area contributed by atoms with E-state index in [1.807, 2.05) is 24.6 Å². The van der Waals surface area contributed by atoms with E-state index in [0.717, 1.165) is 49.2 Å². The monoisotopic (exact) mass is 437 g/mol. The minimum absolute atomic E-state index is 0.125. The third-order valence-corrected chi connectivity index (χ3v) is 6.39. The highest BCUT2D eigenvalue weighted by Crippen LogP contribution is 2.21. The number of amides is 2. The Hall–Kier alpha value is -2.87. The van der Waals surface area contributed by atoms with E-state index in [1.54, 1.807) is 6.20 Å². The molecule has 1 aliphatic carbocycles. The van der Waals surface area contributed by atoms with E-state index in [9.17, 15) is 4.79 Å². The van der Waals surface area contributed by atoms with Gasteiger partial charge in [-0.2, -0.15) is 0 Å². The van der Waals surface area contributed by atoms with Crippen LogP contribution in [0.3, 0.4) is 0 Å². The van der Waals surface area contributed by atoms with Crippen LogP contribution in [0.2, 0.25) is 0 Å². The molecule has 0 aromatic heterocycles. The molecule has 1 saturated carbocycles. The van der Waals surface area contributed by atoms with Gasteiger partial charge in [0.15, 0.2) is 0 Å². The Kier molecular flexibility index (Phi) is 7.77. The molecule has 4 aliphatic rings. The number of dihydropyridines is 2. The van der Waals surface area contributed by atoms with E-state index in [1.165, 1.54) is 38.8 Å². The lowest BCUT2D eigenvalue weighted by molar-refractivity contribution is 0.239. The fourth-order valence-electron chi connectivity index (χ4n) is 4.61. The lowest BCUT2D eigenvalue weighted by Gasteiger charge is -2.26. The van der Waals surface area contributed by atoms with Gasteiger partial charge in [0.2, 0.25) is 0 Å². The summed E-state index contributed by atoms with van der Waals surface area (Å²) in [7, 11) is 0. The van der Waals surface area contributed by atoms with Crippen LogP contribution in [0.1, 0.15) is 44.9 Å². The zero-order valence-electron chi connectivity index (χ0n) is 18.7. The van der Waals surface area contributed by atoms with Crippen LogP contribution in [-0.4, -0.2) is 61.6 Å².